The van der Waals surface area contributed by atoms with Crippen LogP contribution in [0.3, 0.4) is 0 Å². The van der Waals surface area contributed by atoms with Gasteiger partial charge in [0.1, 0.15) is 24.7 Å². The predicted molar refractivity (Wildman–Crippen MR) is 101 cm³/mol. The van der Waals surface area contributed by atoms with Crippen molar-refractivity contribution in [1.29, 1.82) is 0 Å². The monoisotopic (exact) mass is 527 g/mol. The third-order valence-electron chi connectivity index (χ3n) is 3.14. The molecule has 0 amide bonds. The Kier molecular flexibility index (Phi) is 5.72. The number of aliphatic hydroxyl groups is 1. The van der Waals surface area contributed by atoms with Crippen LogP contribution in [0.2, 0.25) is 0 Å². The molecule has 1 aliphatic rings. The molecule has 1 unspecified atom stereocenters. The van der Waals surface area contributed by atoms with Crippen LogP contribution in [-0.4, -0.2) is 23.7 Å². The van der Waals surface area contributed by atoms with Crippen LogP contribution in [0.5, 0.6) is 5.75 Å². The molecule has 0 saturated heterocycles. The Morgan fingerprint density at radius 1 is 1.32 bits per heavy atom. The quantitative estimate of drug-likeness (QED) is 0.404. The Morgan fingerprint density at radius 3 is 2.50 bits per heavy atom. The van der Waals surface area contributed by atoms with Gasteiger partial charge in [0.15, 0.2) is 0 Å². The summed E-state index contributed by atoms with van der Waals surface area (Å²) in [5, 5.41) is 18.6. The standard InChI is InChI=1S/C15H15I2NO4/c16-15(17)8-11(5-6-13(15)19)22-10-3-1-9(2-4-10)7-12(18)14(20)21/h1-6,12,19H,7-8,18H2,(H,20,21). The smallest absolute Gasteiger partial charge is 0.320 e. The van der Waals surface area contributed by atoms with Crippen LogP contribution >= 0.6 is 45.2 Å². The number of aliphatic hydroxyl groups excluding tert-OH is 1. The summed E-state index contributed by atoms with van der Waals surface area (Å²) in [5.74, 6) is 0.729. The number of nitrogens with two attached hydrogens (primary N) is 1. The zero-order valence-electron chi connectivity index (χ0n) is 11.5. The van der Waals surface area contributed by atoms with E-state index >= 15 is 0 Å². The lowest BCUT2D eigenvalue weighted by Gasteiger charge is -2.24. The fraction of sp³-hybridized carbons (Fsp3) is 0.267. The molecule has 0 fully saturated rings. The minimum absolute atomic E-state index is 0.277. The fourth-order valence-corrected chi connectivity index (χ4v) is 3.03. The maximum Gasteiger partial charge on any atom is 0.320 e. The number of alkyl halides is 2. The van der Waals surface area contributed by atoms with E-state index < -0.39 is 13.4 Å². The van der Waals surface area contributed by atoms with Crippen molar-refractivity contribution in [3.8, 4) is 5.75 Å². The Balaban J connectivity index is 2.02. The molecule has 1 aromatic carbocycles. The van der Waals surface area contributed by atoms with Crippen LogP contribution in [0.15, 0.2) is 47.9 Å². The SMILES string of the molecule is NC(Cc1ccc(OC2=CC=C(O)C(I)(I)C2)cc1)C(=O)O. The molecule has 4 N–H and O–H groups in total. The van der Waals surface area contributed by atoms with Gasteiger partial charge in [0.2, 0.25) is 0 Å². The van der Waals surface area contributed by atoms with E-state index in [-0.39, 0.29) is 6.42 Å². The molecule has 0 aliphatic heterocycles. The Morgan fingerprint density at radius 2 is 1.95 bits per heavy atom. The van der Waals surface area contributed by atoms with Crippen LogP contribution in [0.4, 0.5) is 0 Å². The normalized spacial score (nSPS) is 18.1. The van der Waals surface area contributed by atoms with Crippen molar-refractivity contribution in [2.24, 2.45) is 5.73 Å². The first-order valence-corrected chi connectivity index (χ1v) is 8.67. The number of halogens is 2. The molecule has 0 bridgehead atoms. The minimum Gasteiger partial charge on any atom is -0.510 e. The summed E-state index contributed by atoms with van der Waals surface area (Å²) in [4.78, 5) is 10.7. The number of aliphatic carboxylic acids is 1. The van der Waals surface area contributed by atoms with Crippen molar-refractivity contribution in [2.45, 2.75) is 20.3 Å². The molecule has 1 atom stereocenters. The molecule has 0 spiro atoms. The van der Waals surface area contributed by atoms with Gasteiger partial charge in [-0.15, -0.1) is 0 Å². The number of carbonyl (C=O) groups is 1. The van der Waals surface area contributed by atoms with Crippen LogP contribution in [-0.2, 0) is 11.2 Å². The average molecular weight is 527 g/mol. The Hall–Kier alpha value is -0.810. The van der Waals surface area contributed by atoms with E-state index in [0.29, 0.717) is 17.9 Å². The summed E-state index contributed by atoms with van der Waals surface area (Å²) >= 11 is 4.35. The Labute approximate surface area is 155 Å². The first kappa shape index (κ1) is 17.5. The summed E-state index contributed by atoms with van der Waals surface area (Å²) in [6.07, 6.45) is 4.25. The molecule has 0 radical (unpaired) electrons. The summed E-state index contributed by atoms with van der Waals surface area (Å²) < 4.78 is 5.40. The molecule has 1 aromatic rings. The van der Waals surface area contributed by atoms with Crippen LogP contribution < -0.4 is 10.5 Å². The third-order valence-corrected chi connectivity index (χ3v) is 5.01. The summed E-state index contributed by atoms with van der Waals surface area (Å²) in [5.41, 5.74) is 6.35. The first-order valence-electron chi connectivity index (χ1n) is 6.51. The molecule has 118 valence electrons. The van der Waals surface area contributed by atoms with Crippen LogP contribution in [0.1, 0.15) is 12.0 Å². The van der Waals surface area contributed by atoms with Crippen molar-refractivity contribution in [2.75, 3.05) is 0 Å². The number of carboxylic acid groups (broad SMARTS) is 1. The van der Waals surface area contributed by atoms with E-state index in [1.54, 1.807) is 36.4 Å². The lowest BCUT2D eigenvalue weighted by atomic mass is 10.1. The molecule has 1 aliphatic carbocycles. The second-order valence-electron chi connectivity index (χ2n) is 4.96. The molecule has 0 aromatic heterocycles. The van der Waals surface area contributed by atoms with E-state index in [4.69, 9.17) is 15.6 Å². The van der Waals surface area contributed by atoms with Crippen LogP contribution in [0.25, 0.3) is 0 Å². The van der Waals surface area contributed by atoms with E-state index in [1.807, 2.05) is 0 Å². The van der Waals surface area contributed by atoms with Crippen molar-refractivity contribution in [3.63, 3.8) is 0 Å². The highest BCUT2D eigenvalue weighted by atomic mass is 127. The Bertz CT molecular complexity index is 623. The van der Waals surface area contributed by atoms with Gasteiger partial charge in [-0.3, -0.25) is 4.79 Å². The van der Waals surface area contributed by atoms with Gasteiger partial charge in [-0.25, -0.2) is 0 Å². The van der Waals surface area contributed by atoms with E-state index in [2.05, 4.69) is 45.2 Å². The highest BCUT2D eigenvalue weighted by Gasteiger charge is 2.32. The van der Waals surface area contributed by atoms with Gasteiger partial charge >= 0.3 is 5.97 Å². The topological polar surface area (TPSA) is 92.8 Å². The molecule has 2 rings (SSSR count). The fourth-order valence-electron chi connectivity index (χ4n) is 1.92. The van der Waals surface area contributed by atoms with Gasteiger partial charge in [0.25, 0.3) is 0 Å². The zero-order valence-corrected chi connectivity index (χ0v) is 15.8. The van der Waals surface area contributed by atoms with Gasteiger partial charge in [0.05, 0.1) is 0 Å². The number of rotatable bonds is 5. The number of carboxylic acids is 1. The van der Waals surface area contributed by atoms with Gasteiger partial charge in [0, 0.05) is 6.42 Å². The number of benzene rings is 1. The van der Waals surface area contributed by atoms with Crippen molar-refractivity contribution >= 4 is 51.2 Å². The highest BCUT2D eigenvalue weighted by molar-refractivity contribution is 14.2. The number of hydrogen-bond acceptors (Lipinski definition) is 4. The van der Waals surface area contributed by atoms with Gasteiger partial charge in [-0.2, -0.15) is 0 Å². The third kappa shape index (κ3) is 4.59. The largest absolute Gasteiger partial charge is 0.510 e. The van der Waals surface area contributed by atoms with Gasteiger partial charge < -0.3 is 20.7 Å². The molecular weight excluding hydrogens is 512 g/mol. The molecule has 22 heavy (non-hydrogen) atoms. The van der Waals surface area contributed by atoms with Crippen molar-refractivity contribution < 1.29 is 19.7 Å². The average Bonchev–Trinajstić information content (AvgIpc) is 2.44. The molecular formula is C15H15I2NO4. The van der Waals surface area contributed by atoms with Gasteiger partial charge in [-0.1, -0.05) is 57.3 Å². The van der Waals surface area contributed by atoms with Gasteiger partial charge in [-0.05, 0) is 36.3 Å². The van der Waals surface area contributed by atoms with E-state index in [1.165, 1.54) is 0 Å². The summed E-state index contributed by atoms with van der Waals surface area (Å²) in [6, 6.07) is 6.27. The molecule has 0 saturated carbocycles. The first-order chi connectivity index (χ1) is 10.3. The maximum absolute atomic E-state index is 10.7. The van der Waals surface area contributed by atoms with E-state index in [0.717, 1.165) is 11.3 Å². The van der Waals surface area contributed by atoms with Crippen LogP contribution in [0, 0.1) is 0 Å². The number of ether oxygens (including phenoxy) is 1. The van der Waals surface area contributed by atoms with Crippen molar-refractivity contribution in [3.05, 3.63) is 53.5 Å². The van der Waals surface area contributed by atoms with Crippen molar-refractivity contribution in [1.82, 2.24) is 0 Å². The number of hydrogen-bond donors (Lipinski definition) is 3. The number of allylic oxidation sites excluding steroid dienone is 4. The zero-order chi connectivity index (χ0) is 16.3. The molecule has 7 heteroatoms. The molecule has 0 heterocycles. The predicted octanol–water partition coefficient (Wildman–Crippen LogP) is 3.32. The lowest BCUT2D eigenvalue weighted by Crippen LogP contribution is -2.32. The second-order valence-corrected chi connectivity index (χ2v) is 10.7. The molecule has 5 nitrogen and oxygen atoms in total. The summed E-state index contributed by atoms with van der Waals surface area (Å²) in [6.45, 7) is 0. The van der Waals surface area contributed by atoms with E-state index in [9.17, 15) is 9.90 Å². The maximum atomic E-state index is 10.7. The minimum atomic E-state index is -1.01. The highest BCUT2D eigenvalue weighted by Crippen LogP contribution is 2.42. The second kappa shape index (κ2) is 7.18. The lowest BCUT2D eigenvalue weighted by molar-refractivity contribution is -0.138. The summed E-state index contributed by atoms with van der Waals surface area (Å²) in [7, 11) is 0.